The van der Waals surface area contributed by atoms with Crippen LogP contribution in [0.1, 0.15) is 33.6 Å². The molecule has 0 aliphatic carbocycles. The van der Waals surface area contributed by atoms with Crippen LogP contribution < -0.4 is 0 Å². The molecule has 0 amide bonds. The zero-order valence-corrected chi connectivity index (χ0v) is 8.13. The summed E-state index contributed by atoms with van der Waals surface area (Å²) < 4.78 is 0. The molecule has 0 bridgehead atoms. The summed E-state index contributed by atoms with van der Waals surface area (Å²) >= 11 is 2.13. The van der Waals surface area contributed by atoms with Crippen molar-refractivity contribution in [2.24, 2.45) is 11.3 Å². The lowest BCUT2D eigenvalue weighted by molar-refractivity contribution is 0.219. The van der Waals surface area contributed by atoms with E-state index >= 15 is 0 Å². The van der Waals surface area contributed by atoms with Crippen molar-refractivity contribution in [3.8, 4) is 0 Å². The van der Waals surface area contributed by atoms with Crippen LogP contribution in [0.15, 0.2) is 0 Å². The molecule has 0 aromatic rings. The predicted molar refractivity (Wildman–Crippen MR) is 49.5 cm³/mol. The van der Waals surface area contributed by atoms with Crippen LogP contribution in [0.2, 0.25) is 0 Å². The standard InChI is InChI=1S/C9H18S/c1-4-9(8(2)3)5-6-10-7-9/h8H,4-7H2,1-3H3. The van der Waals surface area contributed by atoms with Gasteiger partial charge in [0.1, 0.15) is 0 Å². The average molecular weight is 158 g/mol. The summed E-state index contributed by atoms with van der Waals surface area (Å²) in [5.74, 6) is 3.68. The van der Waals surface area contributed by atoms with Crippen LogP contribution in [0.4, 0.5) is 0 Å². The highest BCUT2D eigenvalue weighted by Gasteiger charge is 2.35. The summed E-state index contributed by atoms with van der Waals surface area (Å²) in [4.78, 5) is 0. The second-order valence-corrected chi connectivity index (χ2v) is 4.78. The van der Waals surface area contributed by atoms with Gasteiger partial charge in [-0.3, -0.25) is 0 Å². The summed E-state index contributed by atoms with van der Waals surface area (Å²) in [7, 11) is 0. The van der Waals surface area contributed by atoms with E-state index in [1.807, 2.05) is 0 Å². The minimum atomic E-state index is 0.699. The van der Waals surface area contributed by atoms with Gasteiger partial charge < -0.3 is 0 Å². The molecule has 1 unspecified atom stereocenters. The van der Waals surface area contributed by atoms with Gasteiger partial charge in [0.25, 0.3) is 0 Å². The second-order valence-electron chi connectivity index (χ2n) is 3.67. The molecule has 1 heteroatoms. The highest BCUT2D eigenvalue weighted by Crippen LogP contribution is 2.44. The summed E-state index contributed by atoms with van der Waals surface area (Å²) in [6.07, 6.45) is 2.82. The lowest BCUT2D eigenvalue weighted by Gasteiger charge is -2.31. The Hall–Kier alpha value is 0.350. The van der Waals surface area contributed by atoms with Gasteiger partial charge in [-0.2, -0.15) is 11.8 Å². The average Bonchev–Trinajstić information content (AvgIpc) is 2.35. The summed E-state index contributed by atoms with van der Waals surface area (Å²) in [5, 5.41) is 0. The quantitative estimate of drug-likeness (QED) is 0.595. The molecular weight excluding hydrogens is 140 g/mol. The Morgan fingerprint density at radius 3 is 2.40 bits per heavy atom. The van der Waals surface area contributed by atoms with Crippen molar-refractivity contribution in [1.82, 2.24) is 0 Å². The van der Waals surface area contributed by atoms with Gasteiger partial charge >= 0.3 is 0 Å². The van der Waals surface area contributed by atoms with Gasteiger partial charge in [0.05, 0.1) is 0 Å². The maximum absolute atomic E-state index is 2.37. The Kier molecular flexibility index (Phi) is 2.67. The predicted octanol–water partition coefficient (Wildman–Crippen LogP) is 3.18. The first-order valence-corrected chi connectivity index (χ1v) is 5.44. The third-order valence-corrected chi connectivity index (χ3v) is 4.33. The Morgan fingerprint density at radius 1 is 1.50 bits per heavy atom. The molecule has 0 spiro atoms. The van der Waals surface area contributed by atoms with Gasteiger partial charge in [0, 0.05) is 0 Å². The van der Waals surface area contributed by atoms with E-state index in [1.165, 1.54) is 24.3 Å². The van der Waals surface area contributed by atoms with E-state index in [9.17, 15) is 0 Å². The summed E-state index contributed by atoms with van der Waals surface area (Å²) in [5.41, 5.74) is 0.699. The van der Waals surface area contributed by atoms with Crippen molar-refractivity contribution in [2.45, 2.75) is 33.6 Å². The first-order valence-electron chi connectivity index (χ1n) is 4.29. The molecule has 0 aromatic heterocycles. The fourth-order valence-electron chi connectivity index (χ4n) is 1.77. The molecule has 1 aliphatic heterocycles. The SMILES string of the molecule is CCC1(C(C)C)CCSC1. The fourth-order valence-corrected chi connectivity index (χ4v) is 3.55. The van der Waals surface area contributed by atoms with Crippen LogP contribution in [-0.4, -0.2) is 11.5 Å². The van der Waals surface area contributed by atoms with Crippen molar-refractivity contribution in [3.05, 3.63) is 0 Å². The van der Waals surface area contributed by atoms with Crippen LogP contribution >= 0.6 is 11.8 Å². The van der Waals surface area contributed by atoms with Gasteiger partial charge in [0.15, 0.2) is 0 Å². The van der Waals surface area contributed by atoms with Gasteiger partial charge in [-0.05, 0) is 35.7 Å². The third-order valence-electron chi connectivity index (χ3n) is 3.06. The molecule has 1 aliphatic rings. The molecule has 1 atom stereocenters. The molecule has 1 fully saturated rings. The Bertz CT molecular complexity index is 101. The Morgan fingerprint density at radius 2 is 2.20 bits per heavy atom. The maximum Gasteiger partial charge on any atom is -0.000816 e. The molecule has 0 N–H and O–H groups in total. The van der Waals surface area contributed by atoms with Gasteiger partial charge in [-0.1, -0.05) is 20.8 Å². The molecule has 0 saturated carbocycles. The summed E-state index contributed by atoms with van der Waals surface area (Å²) in [6, 6.07) is 0. The van der Waals surface area contributed by atoms with Crippen LogP contribution in [0.25, 0.3) is 0 Å². The molecule has 0 aromatic carbocycles. The van der Waals surface area contributed by atoms with Gasteiger partial charge in [0.2, 0.25) is 0 Å². The van der Waals surface area contributed by atoms with E-state index < -0.39 is 0 Å². The highest BCUT2D eigenvalue weighted by atomic mass is 32.2. The topological polar surface area (TPSA) is 0 Å². The lowest BCUT2D eigenvalue weighted by Crippen LogP contribution is -2.25. The molecule has 0 radical (unpaired) electrons. The Balaban J connectivity index is 2.58. The van der Waals surface area contributed by atoms with E-state index in [2.05, 4.69) is 32.5 Å². The molecule has 1 rings (SSSR count). The van der Waals surface area contributed by atoms with Crippen molar-refractivity contribution in [1.29, 1.82) is 0 Å². The normalized spacial score (nSPS) is 33.6. The first kappa shape index (κ1) is 8.45. The molecule has 1 heterocycles. The van der Waals surface area contributed by atoms with Crippen LogP contribution in [0.3, 0.4) is 0 Å². The molecule has 60 valence electrons. The monoisotopic (exact) mass is 158 g/mol. The van der Waals surface area contributed by atoms with Crippen molar-refractivity contribution < 1.29 is 0 Å². The maximum atomic E-state index is 2.37. The number of hydrogen-bond acceptors (Lipinski definition) is 1. The van der Waals surface area contributed by atoms with Crippen LogP contribution in [-0.2, 0) is 0 Å². The van der Waals surface area contributed by atoms with Crippen LogP contribution in [0, 0.1) is 11.3 Å². The number of thioether (sulfide) groups is 1. The van der Waals surface area contributed by atoms with E-state index in [0.29, 0.717) is 5.41 Å². The number of rotatable bonds is 2. The van der Waals surface area contributed by atoms with E-state index in [4.69, 9.17) is 0 Å². The lowest BCUT2D eigenvalue weighted by atomic mass is 9.75. The van der Waals surface area contributed by atoms with Crippen molar-refractivity contribution in [3.63, 3.8) is 0 Å². The van der Waals surface area contributed by atoms with Crippen molar-refractivity contribution >= 4 is 11.8 Å². The summed E-state index contributed by atoms with van der Waals surface area (Å²) in [6.45, 7) is 7.08. The van der Waals surface area contributed by atoms with Crippen molar-refractivity contribution in [2.75, 3.05) is 11.5 Å². The fraction of sp³-hybridized carbons (Fsp3) is 1.00. The zero-order chi connectivity index (χ0) is 7.61. The largest absolute Gasteiger partial charge is 0.161 e. The van der Waals surface area contributed by atoms with E-state index in [0.717, 1.165) is 5.92 Å². The second kappa shape index (κ2) is 3.17. The molecular formula is C9H18S. The van der Waals surface area contributed by atoms with Crippen LogP contribution in [0.5, 0.6) is 0 Å². The highest BCUT2D eigenvalue weighted by molar-refractivity contribution is 7.99. The minimum absolute atomic E-state index is 0.699. The van der Waals surface area contributed by atoms with E-state index in [-0.39, 0.29) is 0 Å². The van der Waals surface area contributed by atoms with Gasteiger partial charge in [-0.15, -0.1) is 0 Å². The third kappa shape index (κ3) is 1.34. The van der Waals surface area contributed by atoms with Gasteiger partial charge in [-0.25, -0.2) is 0 Å². The van der Waals surface area contributed by atoms with E-state index in [1.54, 1.807) is 0 Å². The molecule has 0 nitrogen and oxygen atoms in total. The molecule has 1 saturated heterocycles. The minimum Gasteiger partial charge on any atom is -0.161 e. The number of hydrogen-bond donors (Lipinski definition) is 0. The Labute approximate surface area is 68.8 Å². The first-order chi connectivity index (χ1) is 4.71. The smallest absolute Gasteiger partial charge is 0.000816 e. The zero-order valence-electron chi connectivity index (χ0n) is 7.31. The molecule has 10 heavy (non-hydrogen) atoms.